The van der Waals surface area contributed by atoms with E-state index < -0.39 is 11.8 Å². The second-order valence-electron chi connectivity index (χ2n) is 5.93. The van der Waals surface area contributed by atoms with E-state index in [0.29, 0.717) is 23.7 Å². The van der Waals surface area contributed by atoms with Gasteiger partial charge in [-0.1, -0.05) is 30.7 Å². The standard InChI is InChI=1S/C20H23N3O4S/c1-3-11-26-17-6-4-5-15(12-17)19(25)21-20(28)23-22-18(24)13-27-16-9-7-14(2)8-10-16/h4-10,12H,3,11,13H2,1-2H3,(H,22,24)(H2,21,23,25,28). The summed E-state index contributed by atoms with van der Waals surface area (Å²) in [7, 11) is 0. The molecule has 2 aromatic rings. The van der Waals surface area contributed by atoms with Crippen LogP contribution in [0.1, 0.15) is 29.3 Å². The predicted molar refractivity (Wildman–Crippen MR) is 110 cm³/mol. The number of thiocarbonyl (C=S) groups is 1. The molecule has 0 aliphatic carbocycles. The first-order chi connectivity index (χ1) is 13.5. The average Bonchev–Trinajstić information content (AvgIpc) is 2.70. The summed E-state index contributed by atoms with van der Waals surface area (Å²) in [5.74, 6) is 0.341. The second kappa shape index (κ2) is 10.9. The van der Waals surface area contributed by atoms with Crippen LogP contribution >= 0.6 is 12.2 Å². The van der Waals surface area contributed by atoms with E-state index in [1.807, 2.05) is 26.0 Å². The number of carbonyl (C=O) groups excluding carboxylic acids is 2. The van der Waals surface area contributed by atoms with Crippen molar-refractivity contribution in [3.8, 4) is 11.5 Å². The van der Waals surface area contributed by atoms with Crippen LogP contribution in [0.2, 0.25) is 0 Å². The van der Waals surface area contributed by atoms with Gasteiger partial charge in [-0.2, -0.15) is 0 Å². The third-order valence-electron chi connectivity index (χ3n) is 3.50. The highest BCUT2D eigenvalue weighted by Crippen LogP contribution is 2.13. The van der Waals surface area contributed by atoms with Crippen molar-refractivity contribution in [1.82, 2.24) is 16.2 Å². The summed E-state index contributed by atoms with van der Waals surface area (Å²) >= 11 is 5.01. The Morgan fingerprint density at radius 2 is 1.75 bits per heavy atom. The molecule has 0 fully saturated rings. The molecule has 2 amide bonds. The number of benzene rings is 2. The maximum Gasteiger partial charge on any atom is 0.276 e. The zero-order valence-electron chi connectivity index (χ0n) is 15.8. The first-order valence-corrected chi connectivity index (χ1v) is 9.21. The van der Waals surface area contributed by atoms with Crippen LogP contribution < -0.4 is 25.6 Å². The van der Waals surface area contributed by atoms with Gasteiger partial charge >= 0.3 is 0 Å². The molecule has 3 N–H and O–H groups in total. The lowest BCUT2D eigenvalue weighted by Crippen LogP contribution is -2.49. The Hall–Kier alpha value is -3.13. The lowest BCUT2D eigenvalue weighted by atomic mass is 10.2. The van der Waals surface area contributed by atoms with E-state index >= 15 is 0 Å². The Balaban J connectivity index is 1.74. The van der Waals surface area contributed by atoms with Crippen LogP contribution in [0.5, 0.6) is 11.5 Å². The summed E-state index contributed by atoms with van der Waals surface area (Å²) in [4.78, 5) is 24.0. The highest BCUT2D eigenvalue weighted by molar-refractivity contribution is 7.80. The van der Waals surface area contributed by atoms with Crippen molar-refractivity contribution in [1.29, 1.82) is 0 Å². The molecule has 2 rings (SSSR count). The molecule has 0 spiro atoms. The normalized spacial score (nSPS) is 9.93. The molecule has 148 valence electrons. The summed E-state index contributed by atoms with van der Waals surface area (Å²) in [6.45, 7) is 4.34. The molecule has 0 aromatic heterocycles. The fraction of sp³-hybridized carbons (Fsp3) is 0.250. The molecule has 0 heterocycles. The van der Waals surface area contributed by atoms with Crippen LogP contribution in [0.25, 0.3) is 0 Å². The quantitative estimate of drug-likeness (QED) is 0.488. The summed E-state index contributed by atoms with van der Waals surface area (Å²) in [6, 6.07) is 14.1. The van der Waals surface area contributed by atoms with Gasteiger partial charge in [0.2, 0.25) is 0 Å². The largest absolute Gasteiger partial charge is 0.494 e. The summed E-state index contributed by atoms with van der Waals surface area (Å²) in [5, 5.41) is 2.45. The Labute approximate surface area is 169 Å². The first-order valence-electron chi connectivity index (χ1n) is 8.80. The predicted octanol–water partition coefficient (Wildman–Crippen LogP) is 2.50. The molecule has 8 heteroatoms. The number of hydrazine groups is 1. The molecule has 0 atom stereocenters. The van der Waals surface area contributed by atoms with E-state index in [4.69, 9.17) is 21.7 Å². The zero-order chi connectivity index (χ0) is 20.4. The fourth-order valence-corrected chi connectivity index (χ4v) is 2.24. The van der Waals surface area contributed by atoms with Crippen molar-refractivity contribution in [2.75, 3.05) is 13.2 Å². The fourth-order valence-electron chi connectivity index (χ4n) is 2.10. The molecule has 0 aliphatic rings. The van der Waals surface area contributed by atoms with Crippen molar-refractivity contribution in [2.45, 2.75) is 20.3 Å². The van der Waals surface area contributed by atoms with E-state index in [1.54, 1.807) is 36.4 Å². The van der Waals surface area contributed by atoms with E-state index in [1.165, 1.54) is 0 Å². The number of ether oxygens (including phenoxy) is 2. The smallest absolute Gasteiger partial charge is 0.276 e. The monoisotopic (exact) mass is 401 g/mol. The number of carbonyl (C=O) groups is 2. The molecule has 7 nitrogen and oxygen atoms in total. The van der Waals surface area contributed by atoms with Gasteiger partial charge in [-0.3, -0.25) is 25.8 Å². The highest BCUT2D eigenvalue weighted by atomic mass is 32.1. The first kappa shape index (κ1) is 21.2. The number of amides is 2. The molecule has 0 radical (unpaired) electrons. The molecular formula is C20H23N3O4S. The number of hydrogen-bond acceptors (Lipinski definition) is 5. The number of rotatable bonds is 7. The van der Waals surface area contributed by atoms with Crippen molar-refractivity contribution in [3.05, 3.63) is 59.7 Å². The van der Waals surface area contributed by atoms with Crippen molar-refractivity contribution in [3.63, 3.8) is 0 Å². The Morgan fingerprint density at radius 3 is 2.46 bits per heavy atom. The minimum atomic E-state index is -0.438. The number of hydrogen-bond donors (Lipinski definition) is 3. The van der Waals surface area contributed by atoms with E-state index in [2.05, 4.69) is 16.2 Å². The number of nitrogens with one attached hydrogen (secondary N) is 3. The molecule has 0 bridgehead atoms. The van der Waals surface area contributed by atoms with Crippen LogP contribution in [-0.4, -0.2) is 30.1 Å². The third-order valence-corrected chi connectivity index (χ3v) is 3.71. The molecule has 0 saturated carbocycles. The van der Waals surface area contributed by atoms with Gasteiger partial charge in [-0.15, -0.1) is 0 Å². The maximum atomic E-state index is 12.2. The van der Waals surface area contributed by atoms with Gasteiger partial charge < -0.3 is 9.47 Å². The van der Waals surface area contributed by atoms with Gasteiger partial charge in [0.15, 0.2) is 11.7 Å². The molecule has 2 aromatic carbocycles. The van der Waals surface area contributed by atoms with Crippen molar-refractivity contribution < 1.29 is 19.1 Å². The van der Waals surface area contributed by atoms with E-state index in [-0.39, 0.29) is 11.7 Å². The minimum Gasteiger partial charge on any atom is -0.494 e. The van der Waals surface area contributed by atoms with E-state index in [9.17, 15) is 9.59 Å². The van der Waals surface area contributed by atoms with Crippen LogP contribution in [0.4, 0.5) is 0 Å². The Morgan fingerprint density at radius 1 is 1.00 bits per heavy atom. The molecular weight excluding hydrogens is 378 g/mol. The highest BCUT2D eigenvalue weighted by Gasteiger charge is 2.10. The number of aryl methyl sites for hydroxylation is 1. The van der Waals surface area contributed by atoms with Gasteiger partial charge in [-0.05, 0) is 55.9 Å². The van der Waals surface area contributed by atoms with Gasteiger partial charge in [0, 0.05) is 5.56 Å². The third kappa shape index (κ3) is 7.24. The molecule has 0 aliphatic heterocycles. The van der Waals surface area contributed by atoms with Crippen molar-refractivity contribution in [2.24, 2.45) is 0 Å². The minimum absolute atomic E-state index is 0.0337. The van der Waals surface area contributed by atoms with E-state index in [0.717, 1.165) is 12.0 Å². The average molecular weight is 401 g/mol. The second-order valence-corrected chi connectivity index (χ2v) is 6.34. The van der Waals surface area contributed by atoms with Gasteiger partial charge in [0.1, 0.15) is 11.5 Å². The molecule has 0 unspecified atom stereocenters. The molecule has 0 saturated heterocycles. The molecule has 28 heavy (non-hydrogen) atoms. The van der Waals surface area contributed by atoms with Crippen LogP contribution in [0.3, 0.4) is 0 Å². The summed E-state index contributed by atoms with van der Waals surface area (Å²) in [6.07, 6.45) is 0.873. The Bertz CT molecular complexity index is 824. The van der Waals surface area contributed by atoms with Gasteiger partial charge in [0.25, 0.3) is 11.8 Å². The maximum absolute atomic E-state index is 12.2. The lowest BCUT2D eigenvalue weighted by molar-refractivity contribution is -0.123. The lowest BCUT2D eigenvalue weighted by Gasteiger charge is -2.12. The summed E-state index contributed by atoms with van der Waals surface area (Å²) < 4.78 is 10.9. The SMILES string of the molecule is CCCOc1cccc(C(=O)NC(=S)NNC(=O)COc2ccc(C)cc2)c1. The van der Waals surface area contributed by atoms with Crippen molar-refractivity contribution >= 4 is 29.1 Å². The van der Waals surface area contributed by atoms with Gasteiger partial charge in [0.05, 0.1) is 6.61 Å². The van der Waals surface area contributed by atoms with Gasteiger partial charge in [-0.25, -0.2) is 0 Å². The Kier molecular flexibility index (Phi) is 8.23. The van der Waals surface area contributed by atoms with Crippen LogP contribution in [0, 0.1) is 6.92 Å². The van der Waals surface area contributed by atoms with Crippen LogP contribution in [0.15, 0.2) is 48.5 Å². The topological polar surface area (TPSA) is 88.7 Å². The van der Waals surface area contributed by atoms with Crippen LogP contribution in [-0.2, 0) is 4.79 Å². The summed E-state index contributed by atoms with van der Waals surface area (Å²) in [5.41, 5.74) is 6.33. The zero-order valence-corrected chi connectivity index (χ0v) is 16.6.